The van der Waals surface area contributed by atoms with E-state index in [2.05, 4.69) is 130 Å². The first-order valence-electron chi connectivity index (χ1n) is 18.4. The Morgan fingerprint density at radius 3 is 2.18 bits per heavy atom. The number of pyridine rings is 1. The number of aromatic nitrogens is 4. The Morgan fingerprint density at radius 2 is 1.42 bits per heavy atom. The van der Waals surface area contributed by atoms with E-state index in [1.54, 1.807) is 0 Å². The molecule has 0 bridgehead atoms. The lowest BCUT2D eigenvalue weighted by Gasteiger charge is -2.18. The van der Waals surface area contributed by atoms with Gasteiger partial charge in [0.2, 0.25) is 0 Å². The second kappa shape index (κ2) is 14.8. The highest BCUT2D eigenvalue weighted by Crippen LogP contribution is 2.36. The number of hydrogen-bond acceptors (Lipinski definition) is 3. The first-order chi connectivity index (χ1) is 24.4. The predicted octanol–water partition coefficient (Wildman–Crippen LogP) is 12.0. The lowest BCUT2D eigenvalue weighted by atomic mass is 9.86. The van der Waals surface area contributed by atoms with Gasteiger partial charge in [0.15, 0.2) is 0 Å². The molecule has 2 atom stereocenters. The minimum atomic E-state index is 0.624. The molecule has 3 heterocycles. The van der Waals surface area contributed by atoms with Crippen LogP contribution in [0.3, 0.4) is 0 Å². The van der Waals surface area contributed by atoms with Gasteiger partial charge in [-0.2, -0.15) is 5.10 Å². The fraction of sp³-hybridized carbons (Fsp3) is 0.289. The lowest BCUT2D eigenvalue weighted by Crippen LogP contribution is -2.05. The maximum Gasteiger partial charge on any atom is 0.137 e. The minimum Gasteiger partial charge on any atom is -0.457 e. The van der Waals surface area contributed by atoms with Gasteiger partial charge in [-0.1, -0.05) is 96.3 Å². The Labute approximate surface area is 296 Å². The molecular weight excluding hydrogens is 613 g/mol. The van der Waals surface area contributed by atoms with E-state index < -0.39 is 0 Å². The largest absolute Gasteiger partial charge is 0.457 e. The van der Waals surface area contributed by atoms with E-state index in [9.17, 15) is 0 Å². The molecule has 0 radical (unpaired) electrons. The SMILES string of the molecule is CCCc1ccnc(-n2c3ccccc3c3ccc(Oc4cccc(-n5cc(-c6c(CC(C)CC)cccc6CC(C)CC)cn5)c4)cc32)c1. The van der Waals surface area contributed by atoms with E-state index >= 15 is 0 Å². The highest BCUT2D eigenvalue weighted by molar-refractivity contribution is 6.09. The second-order valence-electron chi connectivity index (χ2n) is 14.0. The number of benzene rings is 4. The lowest BCUT2D eigenvalue weighted by molar-refractivity contribution is 0.483. The zero-order valence-corrected chi connectivity index (χ0v) is 30.1. The Morgan fingerprint density at radius 1 is 0.700 bits per heavy atom. The van der Waals surface area contributed by atoms with Crippen molar-refractivity contribution in [2.45, 2.75) is 73.1 Å². The number of hydrogen-bond donors (Lipinski definition) is 0. The van der Waals surface area contributed by atoms with E-state index in [4.69, 9.17) is 14.8 Å². The van der Waals surface area contributed by atoms with Crippen molar-refractivity contribution in [3.8, 4) is 34.1 Å². The van der Waals surface area contributed by atoms with E-state index in [0.29, 0.717) is 11.8 Å². The smallest absolute Gasteiger partial charge is 0.137 e. The monoisotopic (exact) mass is 660 g/mol. The van der Waals surface area contributed by atoms with Crippen molar-refractivity contribution in [1.82, 2.24) is 19.3 Å². The molecule has 50 heavy (non-hydrogen) atoms. The summed E-state index contributed by atoms with van der Waals surface area (Å²) in [6.07, 6.45) is 12.7. The van der Waals surface area contributed by atoms with Crippen LogP contribution in [0.5, 0.6) is 11.5 Å². The summed E-state index contributed by atoms with van der Waals surface area (Å²) in [5, 5.41) is 7.25. The number of para-hydroxylation sites is 1. The van der Waals surface area contributed by atoms with Gasteiger partial charge >= 0.3 is 0 Å². The van der Waals surface area contributed by atoms with Crippen LogP contribution in [0.2, 0.25) is 0 Å². The van der Waals surface area contributed by atoms with Gasteiger partial charge in [-0.15, -0.1) is 0 Å². The highest BCUT2D eigenvalue weighted by Gasteiger charge is 2.18. The van der Waals surface area contributed by atoms with Gasteiger partial charge < -0.3 is 4.74 Å². The molecule has 2 unspecified atom stereocenters. The molecule has 3 aromatic heterocycles. The van der Waals surface area contributed by atoms with E-state index in [1.165, 1.54) is 51.4 Å². The molecule has 0 aliphatic rings. The standard InChI is InChI=1S/C45H48N4O/c1-6-13-33-22-23-46-44(26-33)49-42-19-10-9-18-40(42)41-21-20-39(28-43(41)49)50-38-17-12-16-37(27-38)48-30-36(29-47-48)45-34(24-31(4)7-2)14-11-15-35(45)25-32(5)8-3/h9-12,14-23,26-32H,6-8,13,24-25H2,1-5H3. The van der Waals surface area contributed by atoms with Crippen LogP contribution in [0.25, 0.3) is 44.4 Å². The molecule has 0 spiro atoms. The predicted molar refractivity (Wildman–Crippen MR) is 208 cm³/mol. The average molecular weight is 661 g/mol. The van der Waals surface area contributed by atoms with Crippen molar-refractivity contribution in [3.05, 3.63) is 132 Å². The molecule has 4 aromatic carbocycles. The third-order valence-electron chi connectivity index (χ3n) is 10.2. The van der Waals surface area contributed by atoms with Crippen molar-refractivity contribution in [3.63, 3.8) is 0 Å². The molecule has 254 valence electrons. The van der Waals surface area contributed by atoms with Gasteiger partial charge in [0.05, 0.1) is 22.9 Å². The summed E-state index contributed by atoms with van der Waals surface area (Å²) in [4.78, 5) is 4.81. The molecule has 0 aliphatic carbocycles. The summed E-state index contributed by atoms with van der Waals surface area (Å²) in [5.74, 6) is 3.71. The number of rotatable bonds is 13. The Balaban J connectivity index is 1.22. The molecule has 0 aliphatic heterocycles. The molecule has 0 amide bonds. The highest BCUT2D eigenvalue weighted by atomic mass is 16.5. The average Bonchev–Trinajstić information content (AvgIpc) is 3.75. The summed E-state index contributed by atoms with van der Waals surface area (Å²) in [6, 6.07) is 34.3. The van der Waals surface area contributed by atoms with Crippen LogP contribution in [0.15, 0.2) is 116 Å². The van der Waals surface area contributed by atoms with Crippen molar-refractivity contribution in [1.29, 1.82) is 0 Å². The molecule has 0 saturated carbocycles. The Kier molecular flexibility index (Phi) is 9.84. The van der Waals surface area contributed by atoms with Gasteiger partial charge in [0, 0.05) is 40.9 Å². The van der Waals surface area contributed by atoms with Gasteiger partial charge in [-0.05, 0) is 95.8 Å². The molecular formula is C45H48N4O. The minimum absolute atomic E-state index is 0.624. The Bertz CT molecular complexity index is 2210. The molecule has 7 rings (SSSR count). The third kappa shape index (κ3) is 6.82. The first kappa shape index (κ1) is 33.3. The van der Waals surface area contributed by atoms with Crippen LogP contribution in [0, 0.1) is 11.8 Å². The maximum atomic E-state index is 6.56. The van der Waals surface area contributed by atoms with E-state index in [-0.39, 0.29) is 0 Å². The van der Waals surface area contributed by atoms with Crippen molar-refractivity contribution in [2.75, 3.05) is 0 Å². The maximum absolute atomic E-state index is 6.56. The Hall–Kier alpha value is -5.16. The summed E-state index contributed by atoms with van der Waals surface area (Å²) in [6.45, 7) is 11.5. The van der Waals surface area contributed by atoms with Crippen LogP contribution in [0.1, 0.15) is 70.6 Å². The van der Waals surface area contributed by atoms with Crippen molar-refractivity contribution < 1.29 is 4.74 Å². The number of aryl methyl sites for hydroxylation is 1. The fourth-order valence-electron chi connectivity index (χ4n) is 7.11. The van der Waals surface area contributed by atoms with Gasteiger partial charge in [-0.3, -0.25) is 4.57 Å². The van der Waals surface area contributed by atoms with Crippen molar-refractivity contribution >= 4 is 21.8 Å². The second-order valence-corrected chi connectivity index (χ2v) is 14.0. The molecule has 0 fully saturated rings. The summed E-state index contributed by atoms with van der Waals surface area (Å²) in [7, 11) is 0. The zero-order chi connectivity index (χ0) is 34.6. The fourth-order valence-corrected chi connectivity index (χ4v) is 7.11. The zero-order valence-electron chi connectivity index (χ0n) is 30.1. The van der Waals surface area contributed by atoms with Crippen LogP contribution in [-0.2, 0) is 19.3 Å². The van der Waals surface area contributed by atoms with Crippen LogP contribution >= 0.6 is 0 Å². The molecule has 5 nitrogen and oxygen atoms in total. The summed E-state index contributed by atoms with van der Waals surface area (Å²) in [5.41, 5.74) is 9.81. The molecule has 0 saturated heterocycles. The summed E-state index contributed by atoms with van der Waals surface area (Å²) >= 11 is 0. The van der Waals surface area contributed by atoms with Gasteiger partial charge in [0.25, 0.3) is 0 Å². The van der Waals surface area contributed by atoms with Crippen molar-refractivity contribution in [2.24, 2.45) is 11.8 Å². The van der Waals surface area contributed by atoms with E-state index in [1.807, 2.05) is 29.2 Å². The normalized spacial score (nSPS) is 12.8. The van der Waals surface area contributed by atoms with E-state index in [0.717, 1.165) is 59.7 Å². The van der Waals surface area contributed by atoms with Crippen LogP contribution in [-0.4, -0.2) is 19.3 Å². The summed E-state index contributed by atoms with van der Waals surface area (Å²) < 4.78 is 10.8. The number of fused-ring (bicyclic) bond motifs is 3. The quantitative estimate of drug-likeness (QED) is 0.124. The van der Waals surface area contributed by atoms with Crippen LogP contribution in [0.4, 0.5) is 0 Å². The van der Waals surface area contributed by atoms with Crippen LogP contribution < -0.4 is 4.74 Å². The molecule has 7 aromatic rings. The molecule has 0 N–H and O–H groups in total. The van der Waals surface area contributed by atoms with Gasteiger partial charge in [-0.25, -0.2) is 9.67 Å². The number of ether oxygens (including phenoxy) is 1. The first-order valence-corrected chi connectivity index (χ1v) is 18.4. The van der Waals surface area contributed by atoms with Gasteiger partial charge in [0.1, 0.15) is 17.3 Å². The third-order valence-corrected chi connectivity index (χ3v) is 10.2. The topological polar surface area (TPSA) is 44.9 Å². The number of nitrogens with zero attached hydrogens (tertiary/aromatic N) is 4. The molecule has 5 heteroatoms.